The van der Waals surface area contributed by atoms with Crippen molar-refractivity contribution >= 4 is 23.5 Å². The van der Waals surface area contributed by atoms with Crippen LogP contribution in [-0.2, 0) is 6.61 Å². The van der Waals surface area contributed by atoms with Gasteiger partial charge in [0.1, 0.15) is 11.5 Å². The number of nitrogens with zero attached hydrogens (tertiary/aromatic N) is 6. The van der Waals surface area contributed by atoms with Gasteiger partial charge in [-0.15, -0.1) is 0 Å². The Hall–Kier alpha value is -3.73. The van der Waals surface area contributed by atoms with Gasteiger partial charge in [0.2, 0.25) is 11.8 Å². The number of hydrogen-bond acceptors (Lipinski definition) is 9. The minimum atomic E-state index is -0.125. The molecule has 3 N–H and O–H groups in total. The first kappa shape index (κ1) is 23.0. The molecular weight excluding hydrogens is 448 g/mol. The molecule has 2 saturated heterocycles. The van der Waals surface area contributed by atoms with Gasteiger partial charge >= 0.3 is 0 Å². The quantitative estimate of drug-likeness (QED) is 0.468. The molecule has 1 amide bonds. The monoisotopic (exact) mass is 478 g/mol. The van der Waals surface area contributed by atoms with Gasteiger partial charge in [-0.25, -0.2) is 0 Å². The number of aliphatic hydroxyl groups is 1. The summed E-state index contributed by atoms with van der Waals surface area (Å²) < 4.78 is 5.42. The molecule has 0 spiro atoms. The predicted octanol–water partition coefficient (Wildman–Crippen LogP) is 2.50. The van der Waals surface area contributed by atoms with E-state index >= 15 is 0 Å². The summed E-state index contributed by atoms with van der Waals surface area (Å²) in [5.41, 5.74) is 1.11. The van der Waals surface area contributed by atoms with Crippen LogP contribution in [0.5, 0.6) is 5.88 Å². The number of carbonyl (C=O) groups excluding carboxylic acids is 1. The van der Waals surface area contributed by atoms with E-state index < -0.39 is 0 Å². The molecule has 3 aromatic rings. The highest BCUT2D eigenvalue weighted by Crippen LogP contribution is 2.37. The number of hydrogen-bond donors (Lipinski definition) is 3. The van der Waals surface area contributed by atoms with Crippen molar-refractivity contribution in [1.82, 2.24) is 30.0 Å². The number of pyridine rings is 1. The lowest BCUT2D eigenvalue weighted by Gasteiger charge is -2.50. The van der Waals surface area contributed by atoms with Crippen molar-refractivity contribution in [3.63, 3.8) is 0 Å². The van der Waals surface area contributed by atoms with E-state index in [1.165, 1.54) is 0 Å². The van der Waals surface area contributed by atoms with Gasteiger partial charge in [0, 0.05) is 43.5 Å². The van der Waals surface area contributed by atoms with Crippen LogP contribution in [0.15, 0.2) is 36.5 Å². The summed E-state index contributed by atoms with van der Waals surface area (Å²) in [6.45, 7) is -0.125. The van der Waals surface area contributed by atoms with E-state index in [2.05, 4.69) is 35.3 Å². The Balaban J connectivity index is 1.35. The first-order valence-corrected chi connectivity index (χ1v) is 11.9. The van der Waals surface area contributed by atoms with E-state index in [0.717, 1.165) is 32.1 Å². The van der Waals surface area contributed by atoms with Crippen LogP contribution in [0.2, 0.25) is 0 Å². The molecule has 2 fully saturated rings. The van der Waals surface area contributed by atoms with Gasteiger partial charge in [-0.2, -0.15) is 15.1 Å². The number of aliphatic hydroxyl groups excluding tert-OH is 1. The van der Waals surface area contributed by atoms with Gasteiger partial charge < -0.3 is 25.0 Å². The van der Waals surface area contributed by atoms with Crippen LogP contribution in [0, 0.1) is 0 Å². The minimum absolute atomic E-state index is 0.0202. The third kappa shape index (κ3) is 4.76. The van der Waals surface area contributed by atoms with Crippen LogP contribution in [0.4, 0.5) is 17.6 Å². The Morgan fingerprint density at radius 2 is 2.03 bits per heavy atom. The molecule has 2 bridgehead atoms. The van der Waals surface area contributed by atoms with Crippen molar-refractivity contribution in [2.24, 2.45) is 0 Å². The Morgan fingerprint density at radius 1 is 1.23 bits per heavy atom. The van der Waals surface area contributed by atoms with Gasteiger partial charge in [-0.05, 0) is 44.2 Å². The van der Waals surface area contributed by atoms with Crippen LogP contribution in [0.1, 0.15) is 48.3 Å². The van der Waals surface area contributed by atoms with Crippen molar-refractivity contribution in [3.05, 3.63) is 47.9 Å². The van der Waals surface area contributed by atoms with Gasteiger partial charge in [0.05, 0.1) is 19.4 Å². The summed E-state index contributed by atoms with van der Waals surface area (Å²) in [7, 11) is 3.56. The average molecular weight is 479 g/mol. The molecule has 0 saturated carbocycles. The van der Waals surface area contributed by atoms with Gasteiger partial charge in [-0.3, -0.25) is 14.9 Å². The summed E-state index contributed by atoms with van der Waals surface area (Å²) in [6, 6.07) is 9.40. The smallest absolute Gasteiger partial charge is 0.272 e. The largest absolute Gasteiger partial charge is 0.481 e. The molecule has 3 atom stereocenters. The number of fused-ring (bicyclic) bond motifs is 2. The third-order valence-electron chi connectivity index (χ3n) is 6.89. The molecule has 0 aromatic carbocycles. The Morgan fingerprint density at radius 3 is 2.69 bits per heavy atom. The average Bonchev–Trinajstić information content (AvgIpc) is 3.34. The van der Waals surface area contributed by atoms with E-state index in [0.29, 0.717) is 34.9 Å². The normalized spacial score (nSPS) is 21.5. The number of H-pyrrole nitrogens is 1. The standard InChI is InChI=1S/C24H30N8O3/c1-31(24-27-20(13-22(28-24)35-2)26-21-10-15(14-33)29-30-21)18-11-16-6-5-7-17(12-18)32(16)23(34)19-8-3-4-9-25-19/h3-4,8-10,13,16-18,33H,5-7,11-12,14H2,1-2H3,(H2,26,27,28,29,30)/t16-,17+,18?. The number of aromatic nitrogens is 5. The number of aromatic amines is 1. The Kier molecular flexibility index (Phi) is 6.49. The highest BCUT2D eigenvalue weighted by atomic mass is 16.5. The molecule has 35 heavy (non-hydrogen) atoms. The topological polar surface area (TPSA) is 132 Å². The summed E-state index contributed by atoms with van der Waals surface area (Å²) >= 11 is 0. The van der Waals surface area contributed by atoms with Crippen LogP contribution >= 0.6 is 0 Å². The van der Waals surface area contributed by atoms with Crippen LogP contribution in [0.25, 0.3) is 0 Å². The van der Waals surface area contributed by atoms with Crippen molar-refractivity contribution in [2.75, 3.05) is 24.4 Å². The van der Waals surface area contributed by atoms with E-state index in [9.17, 15) is 9.90 Å². The van der Waals surface area contributed by atoms with E-state index in [-0.39, 0.29) is 30.6 Å². The zero-order chi connectivity index (χ0) is 24.4. The Labute approximate surface area is 203 Å². The molecule has 11 heteroatoms. The fourth-order valence-electron chi connectivity index (χ4n) is 5.16. The van der Waals surface area contributed by atoms with Crippen molar-refractivity contribution < 1.29 is 14.6 Å². The van der Waals surface area contributed by atoms with Gasteiger partial charge in [-0.1, -0.05) is 6.07 Å². The lowest BCUT2D eigenvalue weighted by molar-refractivity contribution is 0.0232. The molecule has 0 aliphatic carbocycles. The molecule has 0 radical (unpaired) electrons. The number of methoxy groups -OCH3 is 1. The second kappa shape index (κ2) is 9.87. The number of nitrogens with one attached hydrogen (secondary N) is 2. The second-order valence-electron chi connectivity index (χ2n) is 9.06. The second-order valence-corrected chi connectivity index (χ2v) is 9.06. The fraction of sp³-hybridized carbons (Fsp3) is 0.458. The number of rotatable bonds is 7. The summed E-state index contributed by atoms with van der Waals surface area (Å²) in [5.74, 6) is 2.08. The molecule has 5 heterocycles. The summed E-state index contributed by atoms with van der Waals surface area (Å²) in [4.78, 5) is 31.0. The zero-order valence-corrected chi connectivity index (χ0v) is 19.9. The lowest BCUT2D eigenvalue weighted by atomic mass is 9.81. The first-order chi connectivity index (χ1) is 17.1. The number of piperidine rings is 2. The van der Waals surface area contributed by atoms with Gasteiger partial charge in [0.25, 0.3) is 5.91 Å². The van der Waals surface area contributed by atoms with Crippen LogP contribution in [0.3, 0.4) is 0 Å². The molecular formula is C24H30N8O3. The highest BCUT2D eigenvalue weighted by molar-refractivity contribution is 5.92. The Bertz CT molecular complexity index is 1160. The van der Waals surface area contributed by atoms with Crippen LogP contribution < -0.4 is 15.0 Å². The van der Waals surface area contributed by atoms with E-state index in [1.54, 1.807) is 31.5 Å². The third-order valence-corrected chi connectivity index (χ3v) is 6.89. The fourth-order valence-corrected chi connectivity index (χ4v) is 5.16. The molecule has 184 valence electrons. The number of carbonyl (C=O) groups is 1. The molecule has 1 unspecified atom stereocenters. The molecule has 3 aromatic heterocycles. The SMILES string of the molecule is COc1cc(Nc2cc(CO)[nH]n2)nc(N(C)C2C[C@H]3CCC[C@@H](C2)N3C(=O)c2ccccn2)n1. The van der Waals surface area contributed by atoms with E-state index in [4.69, 9.17) is 9.72 Å². The highest BCUT2D eigenvalue weighted by Gasteiger charge is 2.43. The minimum Gasteiger partial charge on any atom is -0.481 e. The number of anilines is 3. The predicted molar refractivity (Wildman–Crippen MR) is 130 cm³/mol. The van der Waals surface area contributed by atoms with Crippen molar-refractivity contribution in [1.29, 1.82) is 0 Å². The maximum absolute atomic E-state index is 13.3. The number of ether oxygens (including phenoxy) is 1. The number of amides is 1. The molecule has 2 aliphatic heterocycles. The zero-order valence-electron chi connectivity index (χ0n) is 19.9. The van der Waals surface area contributed by atoms with Crippen molar-refractivity contribution in [2.45, 2.75) is 56.8 Å². The summed E-state index contributed by atoms with van der Waals surface area (Å²) in [5, 5.41) is 19.3. The maximum atomic E-state index is 13.3. The maximum Gasteiger partial charge on any atom is 0.272 e. The van der Waals surface area contributed by atoms with Gasteiger partial charge in [0.15, 0.2) is 5.82 Å². The van der Waals surface area contributed by atoms with Crippen molar-refractivity contribution in [3.8, 4) is 5.88 Å². The van der Waals surface area contributed by atoms with Crippen LogP contribution in [-0.4, -0.2) is 73.3 Å². The molecule has 11 nitrogen and oxygen atoms in total. The summed E-state index contributed by atoms with van der Waals surface area (Å²) in [6.07, 6.45) is 6.45. The molecule has 2 aliphatic rings. The first-order valence-electron chi connectivity index (χ1n) is 11.9. The lowest BCUT2D eigenvalue weighted by Crippen LogP contribution is -2.58. The molecule has 5 rings (SSSR count). The van der Waals surface area contributed by atoms with E-state index in [1.807, 2.05) is 19.2 Å².